The Morgan fingerprint density at radius 2 is 1.81 bits per heavy atom. The number of rotatable bonds is 5. The molecule has 0 spiro atoms. The average molecular weight is 224 g/mol. The number of nitrogens with zero attached hydrogens (tertiary/aromatic N) is 1. The molecular weight excluding hydrogens is 204 g/mol. The fraction of sp³-hybridized carbons (Fsp3) is 0.500. The molecule has 90 valence electrons. The van der Waals surface area contributed by atoms with E-state index in [-0.39, 0.29) is 11.8 Å². The fourth-order valence-corrected chi connectivity index (χ4v) is 1.64. The van der Waals surface area contributed by atoms with Gasteiger partial charge < -0.3 is 15.1 Å². The van der Waals surface area contributed by atoms with Gasteiger partial charge in [-0.25, -0.2) is 0 Å². The highest BCUT2D eigenvalue weighted by Crippen LogP contribution is 2.13. The third-order valence-electron chi connectivity index (χ3n) is 2.70. The van der Waals surface area contributed by atoms with Crippen LogP contribution in [-0.4, -0.2) is 48.5 Å². The molecule has 0 radical (unpaired) electrons. The van der Waals surface area contributed by atoms with Crippen molar-refractivity contribution in [1.29, 1.82) is 0 Å². The zero-order valence-corrected chi connectivity index (χ0v) is 10.0. The molecule has 4 heteroatoms. The molecule has 2 atom stereocenters. The highest BCUT2D eigenvalue weighted by Gasteiger charge is 2.19. The van der Waals surface area contributed by atoms with Gasteiger partial charge in [0.05, 0.1) is 6.04 Å². The van der Waals surface area contributed by atoms with Gasteiger partial charge in [-0.2, -0.15) is 0 Å². The number of aromatic hydroxyl groups is 1. The number of benzene rings is 1. The summed E-state index contributed by atoms with van der Waals surface area (Å²) >= 11 is 0. The van der Waals surface area contributed by atoms with Gasteiger partial charge in [-0.05, 0) is 45.3 Å². The first kappa shape index (κ1) is 13.0. The first-order valence-electron chi connectivity index (χ1n) is 5.34. The highest BCUT2D eigenvalue weighted by molar-refractivity contribution is 5.26. The molecule has 0 aliphatic carbocycles. The largest absolute Gasteiger partial charge is 0.508 e. The molecule has 0 fully saturated rings. The second-order valence-electron chi connectivity index (χ2n) is 4.14. The summed E-state index contributed by atoms with van der Waals surface area (Å²) in [4.78, 5) is 1.98. The van der Waals surface area contributed by atoms with E-state index in [2.05, 4.69) is 5.32 Å². The molecule has 4 nitrogen and oxygen atoms in total. The van der Waals surface area contributed by atoms with Crippen molar-refractivity contribution in [3.63, 3.8) is 0 Å². The average Bonchev–Trinajstić information content (AvgIpc) is 2.27. The number of phenols is 1. The molecule has 0 saturated heterocycles. The van der Waals surface area contributed by atoms with Gasteiger partial charge in [-0.15, -0.1) is 0 Å². The molecule has 0 aliphatic heterocycles. The van der Waals surface area contributed by atoms with E-state index < -0.39 is 6.23 Å². The highest BCUT2D eigenvalue weighted by atomic mass is 16.3. The van der Waals surface area contributed by atoms with Crippen LogP contribution in [0.25, 0.3) is 0 Å². The number of nitrogens with one attached hydrogen (secondary N) is 1. The van der Waals surface area contributed by atoms with Gasteiger partial charge in [-0.3, -0.25) is 5.32 Å². The van der Waals surface area contributed by atoms with Crippen molar-refractivity contribution in [2.75, 3.05) is 21.1 Å². The van der Waals surface area contributed by atoms with Crippen LogP contribution in [0.5, 0.6) is 5.75 Å². The molecule has 1 aromatic carbocycles. The van der Waals surface area contributed by atoms with Gasteiger partial charge in [0, 0.05) is 0 Å². The lowest BCUT2D eigenvalue weighted by Crippen LogP contribution is -2.47. The van der Waals surface area contributed by atoms with Gasteiger partial charge in [-0.1, -0.05) is 12.1 Å². The van der Waals surface area contributed by atoms with Crippen LogP contribution in [0.4, 0.5) is 0 Å². The van der Waals surface area contributed by atoms with Crippen molar-refractivity contribution in [3.05, 3.63) is 29.8 Å². The van der Waals surface area contributed by atoms with E-state index in [0.29, 0.717) is 0 Å². The number of phenolic OH excluding ortho intramolecular Hbond substituents is 1. The molecule has 0 saturated carbocycles. The van der Waals surface area contributed by atoms with Crippen LogP contribution in [-0.2, 0) is 6.42 Å². The van der Waals surface area contributed by atoms with Crippen LogP contribution in [0.15, 0.2) is 24.3 Å². The predicted octanol–water partition coefficient (Wildman–Crippen LogP) is 0.403. The van der Waals surface area contributed by atoms with E-state index in [1.54, 1.807) is 19.2 Å². The third-order valence-corrected chi connectivity index (χ3v) is 2.70. The topological polar surface area (TPSA) is 55.7 Å². The number of hydrogen-bond acceptors (Lipinski definition) is 4. The van der Waals surface area contributed by atoms with Crippen molar-refractivity contribution in [2.24, 2.45) is 0 Å². The lowest BCUT2D eigenvalue weighted by molar-refractivity contribution is 0.0554. The van der Waals surface area contributed by atoms with Gasteiger partial charge in [0.2, 0.25) is 0 Å². The first-order chi connectivity index (χ1) is 7.54. The number of aliphatic hydroxyl groups is 1. The Hall–Kier alpha value is -1.10. The van der Waals surface area contributed by atoms with Crippen LogP contribution in [0.2, 0.25) is 0 Å². The second-order valence-corrected chi connectivity index (χ2v) is 4.14. The van der Waals surface area contributed by atoms with E-state index in [4.69, 9.17) is 0 Å². The maximum atomic E-state index is 9.80. The second kappa shape index (κ2) is 5.84. The summed E-state index contributed by atoms with van der Waals surface area (Å²) in [5, 5.41) is 21.8. The Labute approximate surface area is 96.5 Å². The Bertz CT molecular complexity index is 311. The van der Waals surface area contributed by atoms with Crippen LogP contribution in [0, 0.1) is 0 Å². The molecular formula is C12H20N2O2. The van der Waals surface area contributed by atoms with Gasteiger partial charge in [0.25, 0.3) is 0 Å². The maximum absolute atomic E-state index is 9.80. The zero-order chi connectivity index (χ0) is 12.1. The van der Waals surface area contributed by atoms with E-state index in [1.807, 2.05) is 31.1 Å². The van der Waals surface area contributed by atoms with Crippen molar-refractivity contribution in [2.45, 2.75) is 18.7 Å². The minimum atomic E-state index is -0.566. The molecule has 1 aromatic rings. The molecule has 3 N–H and O–H groups in total. The summed E-state index contributed by atoms with van der Waals surface area (Å²) in [7, 11) is 5.61. The molecule has 1 unspecified atom stereocenters. The van der Waals surface area contributed by atoms with Gasteiger partial charge in [0.1, 0.15) is 12.0 Å². The molecule has 0 amide bonds. The predicted molar refractivity (Wildman–Crippen MR) is 64.4 cm³/mol. The molecule has 0 aliphatic rings. The molecule has 0 heterocycles. The summed E-state index contributed by atoms with van der Waals surface area (Å²) in [6, 6.07) is 7.07. The normalized spacial score (nSPS) is 15.1. The quantitative estimate of drug-likeness (QED) is 0.634. The van der Waals surface area contributed by atoms with Crippen LogP contribution in [0.1, 0.15) is 5.56 Å². The van der Waals surface area contributed by atoms with Crippen molar-refractivity contribution in [3.8, 4) is 5.75 Å². The summed E-state index contributed by atoms with van der Waals surface area (Å²) < 4.78 is 0. The SMILES string of the molecule is CNC(O)[C@H](Cc1ccc(O)cc1)N(C)C. The van der Waals surface area contributed by atoms with Gasteiger partial charge in [0.15, 0.2) is 0 Å². The minimum Gasteiger partial charge on any atom is -0.508 e. The number of aliphatic hydroxyl groups excluding tert-OH is 1. The lowest BCUT2D eigenvalue weighted by Gasteiger charge is -2.28. The standard InChI is InChI=1S/C12H20N2O2/c1-13-12(16)11(14(2)3)8-9-4-6-10(15)7-5-9/h4-7,11-13,15-16H,8H2,1-3H3/t11-,12?/m0/s1. The van der Waals surface area contributed by atoms with Crippen molar-refractivity contribution >= 4 is 0 Å². The Kier molecular flexibility index (Phi) is 4.73. The molecule has 0 bridgehead atoms. The van der Waals surface area contributed by atoms with Crippen molar-refractivity contribution < 1.29 is 10.2 Å². The number of hydrogen-bond donors (Lipinski definition) is 3. The fourth-order valence-electron chi connectivity index (χ4n) is 1.64. The van der Waals surface area contributed by atoms with Gasteiger partial charge >= 0.3 is 0 Å². The molecule has 16 heavy (non-hydrogen) atoms. The van der Waals surface area contributed by atoms with Crippen LogP contribution in [0.3, 0.4) is 0 Å². The van der Waals surface area contributed by atoms with Crippen LogP contribution >= 0.6 is 0 Å². The number of likely N-dealkylation sites (N-methyl/N-ethyl adjacent to an activating group) is 2. The zero-order valence-electron chi connectivity index (χ0n) is 10.0. The van der Waals surface area contributed by atoms with E-state index in [0.717, 1.165) is 12.0 Å². The summed E-state index contributed by atoms with van der Waals surface area (Å²) in [5.41, 5.74) is 1.09. The van der Waals surface area contributed by atoms with E-state index in [1.165, 1.54) is 0 Å². The smallest absolute Gasteiger partial charge is 0.120 e. The summed E-state index contributed by atoms with van der Waals surface area (Å²) in [6.07, 6.45) is 0.166. The Balaban J connectivity index is 2.71. The Morgan fingerprint density at radius 1 is 1.25 bits per heavy atom. The first-order valence-corrected chi connectivity index (χ1v) is 5.34. The van der Waals surface area contributed by atoms with Crippen LogP contribution < -0.4 is 5.32 Å². The monoisotopic (exact) mass is 224 g/mol. The third kappa shape index (κ3) is 3.48. The van der Waals surface area contributed by atoms with Crippen molar-refractivity contribution in [1.82, 2.24) is 10.2 Å². The minimum absolute atomic E-state index is 0.00884. The summed E-state index contributed by atoms with van der Waals surface area (Å²) in [5.74, 6) is 0.263. The summed E-state index contributed by atoms with van der Waals surface area (Å²) in [6.45, 7) is 0. The maximum Gasteiger partial charge on any atom is 0.120 e. The van der Waals surface area contributed by atoms with E-state index in [9.17, 15) is 10.2 Å². The lowest BCUT2D eigenvalue weighted by atomic mass is 10.0. The Morgan fingerprint density at radius 3 is 2.25 bits per heavy atom. The van der Waals surface area contributed by atoms with E-state index >= 15 is 0 Å². The molecule has 0 aromatic heterocycles. The molecule has 1 rings (SSSR count).